The highest BCUT2D eigenvalue weighted by atomic mass is 35.6. The van der Waals surface area contributed by atoms with Crippen molar-refractivity contribution in [1.82, 2.24) is 5.32 Å². The molecule has 0 saturated carbocycles. The van der Waals surface area contributed by atoms with Crippen LogP contribution in [0.3, 0.4) is 0 Å². The SMILES string of the molecule is O=C(N[C@H](C(Cl)(Cl)Cl)S(=O)(=O)c1ccc(Cl)cc1)c1ccc(Cl)cc1. The summed E-state index contributed by atoms with van der Waals surface area (Å²) in [6.45, 7) is 0. The van der Waals surface area contributed by atoms with E-state index in [1.165, 1.54) is 48.5 Å². The Balaban J connectivity index is 2.38. The third-order valence-electron chi connectivity index (χ3n) is 3.12. The maximum atomic E-state index is 12.8. The molecule has 0 aliphatic heterocycles. The summed E-state index contributed by atoms with van der Waals surface area (Å²) in [5, 5.41) is 1.20. The molecule has 0 unspecified atom stereocenters. The van der Waals surface area contributed by atoms with Gasteiger partial charge >= 0.3 is 0 Å². The molecule has 0 aliphatic rings. The summed E-state index contributed by atoms with van der Waals surface area (Å²) < 4.78 is 23.3. The number of carbonyl (C=O) groups is 1. The molecule has 1 amide bonds. The first-order valence-corrected chi connectivity index (χ1v) is 10.1. The van der Waals surface area contributed by atoms with Crippen LogP contribution >= 0.6 is 58.0 Å². The average Bonchev–Trinajstić information content (AvgIpc) is 2.52. The summed E-state index contributed by atoms with van der Waals surface area (Å²) in [6, 6.07) is 11.1. The number of benzene rings is 2. The molecule has 4 nitrogen and oxygen atoms in total. The number of hydrogen-bond acceptors (Lipinski definition) is 3. The molecule has 2 aromatic rings. The van der Waals surface area contributed by atoms with E-state index in [9.17, 15) is 13.2 Å². The van der Waals surface area contributed by atoms with Crippen LogP contribution in [-0.2, 0) is 9.84 Å². The topological polar surface area (TPSA) is 63.2 Å². The highest BCUT2D eigenvalue weighted by Crippen LogP contribution is 2.36. The van der Waals surface area contributed by atoms with Crippen molar-refractivity contribution in [3.8, 4) is 0 Å². The zero-order valence-corrected chi connectivity index (χ0v) is 16.8. The first-order chi connectivity index (χ1) is 11.5. The monoisotopic (exact) mass is 459 g/mol. The lowest BCUT2D eigenvalue weighted by atomic mass is 10.2. The van der Waals surface area contributed by atoms with E-state index in [1.807, 2.05) is 0 Å². The van der Waals surface area contributed by atoms with Crippen molar-refractivity contribution in [3.05, 3.63) is 64.1 Å². The molecule has 0 heterocycles. The lowest BCUT2D eigenvalue weighted by Gasteiger charge is -2.25. The van der Waals surface area contributed by atoms with Crippen molar-refractivity contribution in [2.45, 2.75) is 14.1 Å². The first kappa shape index (κ1) is 20.6. The van der Waals surface area contributed by atoms with Crippen LogP contribution < -0.4 is 5.32 Å². The quantitative estimate of drug-likeness (QED) is 0.659. The molecule has 0 fully saturated rings. The lowest BCUT2D eigenvalue weighted by Crippen LogP contribution is -2.49. The van der Waals surface area contributed by atoms with Crippen molar-refractivity contribution >= 4 is 73.7 Å². The van der Waals surface area contributed by atoms with Gasteiger partial charge in [0.2, 0.25) is 13.6 Å². The minimum Gasteiger partial charge on any atom is -0.332 e. The van der Waals surface area contributed by atoms with Crippen LogP contribution in [0.5, 0.6) is 0 Å². The average molecular weight is 462 g/mol. The van der Waals surface area contributed by atoms with E-state index in [1.54, 1.807) is 0 Å². The van der Waals surface area contributed by atoms with Crippen molar-refractivity contribution in [3.63, 3.8) is 0 Å². The van der Waals surface area contributed by atoms with E-state index < -0.39 is 24.9 Å². The number of hydrogen-bond donors (Lipinski definition) is 1. The Morgan fingerprint density at radius 1 is 0.880 bits per heavy atom. The van der Waals surface area contributed by atoms with Gasteiger partial charge in [-0.25, -0.2) is 8.42 Å². The third kappa shape index (κ3) is 5.16. The van der Waals surface area contributed by atoms with Gasteiger partial charge in [-0.05, 0) is 48.5 Å². The minimum absolute atomic E-state index is 0.148. The zero-order chi connectivity index (χ0) is 18.8. The Morgan fingerprint density at radius 2 is 1.32 bits per heavy atom. The number of alkyl halides is 3. The fourth-order valence-corrected chi connectivity index (χ4v) is 4.77. The predicted molar refractivity (Wildman–Crippen MR) is 102 cm³/mol. The largest absolute Gasteiger partial charge is 0.332 e. The maximum Gasteiger partial charge on any atom is 0.252 e. The van der Waals surface area contributed by atoms with Crippen LogP contribution in [0, 0.1) is 0 Å². The Labute approximate surface area is 169 Å². The number of carbonyl (C=O) groups excluding carboxylic acids is 1. The normalized spacial score (nSPS) is 13.3. The Kier molecular flexibility index (Phi) is 6.52. The summed E-state index contributed by atoms with van der Waals surface area (Å²) >= 11 is 28.9. The van der Waals surface area contributed by atoms with Crippen LogP contribution in [0.15, 0.2) is 53.4 Å². The van der Waals surface area contributed by atoms with Crippen molar-refractivity contribution in [2.24, 2.45) is 0 Å². The smallest absolute Gasteiger partial charge is 0.252 e. The lowest BCUT2D eigenvalue weighted by molar-refractivity contribution is 0.0948. The van der Waals surface area contributed by atoms with Gasteiger partial charge in [0, 0.05) is 15.6 Å². The van der Waals surface area contributed by atoms with Gasteiger partial charge < -0.3 is 5.32 Å². The van der Waals surface area contributed by atoms with Crippen LogP contribution in [-0.4, -0.2) is 23.5 Å². The molecule has 2 rings (SSSR count). The summed E-state index contributed by atoms with van der Waals surface area (Å²) in [5.41, 5.74) is 0.162. The number of rotatable bonds is 4. The molecule has 1 N–H and O–H groups in total. The van der Waals surface area contributed by atoms with Crippen molar-refractivity contribution in [2.75, 3.05) is 0 Å². The van der Waals surface area contributed by atoms with Gasteiger partial charge in [-0.1, -0.05) is 58.0 Å². The fourth-order valence-electron chi connectivity index (χ4n) is 1.90. The van der Waals surface area contributed by atoms with E-state index in [0.717, 1.165) is 0 Å². The van der Waals surface area contributed by atoms with E-state index in [-0.39, 0.29) is 10.5 Å². The summed E-state index contributed by atoms with van der Waals surface area (Å²) in [5.74, 6) is -0.731. The first-order valence-electron chi connectivity index (χ1n) is 6.64. The van der Waals surface area contributed by atoms with Gasteiger partial charge in [0.05, 0.1) is 4.90 Å². The van der Waals surface area contributed by atoms with Crippen LogP contribution in [0.2, 0.25) is 10.0 Å². The second kappa shape index (κ2) is 7.91. The van der Waals surface area contributed by atoms with E-state index in [0.29, 0.717) is 10.0 Å². The van der Waals surface area contributed by atoms with Gasteiger partial charge in [0.1, 0.15) is 0 Å². The molecule has 0 aromatic heterocycles. The molecule has 25 heavy (non-hydrogen) atoms. The van der Waals surface area contributed by atoms with Gasteiger partial charge in [-0.2, -0.15) is 0 Å². The van der Waals surface area contributed by atoms with Crippen LogP contribution in [0.1, 0.15) is 10.4 Å². The van der Waals surface area contributed by atoms with Crippen molar-refractivity contribution < 1.29 is 13.2 Å². The van der Waals surface area contributed by atoms with Gasteiger partial charge in [0.25, 0.3) is 5.91 Å². The Morgan fingerprint density at radius 3 is 1.76 bits per heavy atom. The second-order valence-corrected chi connectivity index (χ2v) is 10.2. The number of halogens is 5. The van der Waals surface area contributed by atoms with E-state index in [4.69, 9.17) is 58.0 Å². The molecule has 0 aliphatic carbocycles. The molecule has 0 saturated heterocycles. The Bertz CT molecular complexity index is 862. The molecular formula is C15H10Cl5NO3S. The Hall–Kier alpha value is -0.690. The van der Waals surface area contributed by atoms with Crippen LogP contribution in [0.25, 0.3) is 0 Å². The minimum atomic E-state index is -4.20. The number of sulfone groups is 1. The second-order valence-electron chi connectivity index (χ2n) is 4.90. The molecule has 10 heteroatoms. The van der Waals surface area contributed by atoms with Gasteiger partial charge in [-0.15, -0.1) is 0 Å². The fraction of sp³-hybridized carbons (Fsp3) is 0.133. The summed E-state index contributed by atoms with van der Waals surface area (Å²) in [4.78, 5) is 12.2. The van der Waals surface area contributed by atoms with E-state index in [2.05, 4.69) is 5.32 Å². The van der Waals surface area contributed by atoms with Gasteiger partial charge in [-0.3, -0.25) is 4.79 Å². The van der Waals surface area contributed by atoms with E-state index >= 15 is 0 Å². The standard InChI is InChI=1S/C15H10Cl5NO3S/c16-10-3-1-9(2-4-10)13(22)21-14(15(18,19)20)25(23,24)12-7-5-11(17)6-8-12/h1-8,14H,(H,21,22)/t14-/m0/s1. The number of amides is 1. The van der Waals surface area contributed by atoms with Crippen LogP contribution in [0.4, 0.5) is 0 Å². The number of nitrogens with one attached hydrogen (secondary N) is 1. The zero-order valence-electron chi connectivity index (χ0n) is 12.2. The summed E-state index contributed by atoms with van der Waals surface area (Å²) in [7, 11) is -4.20. The molecule has 2 aromatic carbocycles. The molecule has 0 bridgehead atoms. The highest BCUT2D eigenvalue weighted by molar-refractivity contribution is 7.92. The molecule has 0 spiro atoms. The molecule has 0 radical (unpaired) electrons. The molecule has 1 atom stereocenters. The molecule has 134 valence electrons. The van der Waals surface area contributed by atoms with Gasteiger partial charge in [0.15, 0.2) is 5.37 Å². The molecular weight excluding hydrogens is 452 g/mol. The summed E-state index contributed by atoms with van der Waals surface area (Å²) in [6.07, 6.45) is 0. The highest BCUT2D eigenvalue weighted by Gasteiger charge is 2.44. The maximum absolute atomic E-state index is 12.8. The predicted octanol–water partition coefficient (Wildman–Crippen LogP) is 4.89. The third-order valence-corrected chi connectivity index (χ3v) is 6.69. The van der Waals surface area contributed by atoms with Crippen molar-refractivity contribution in [1.29, 1.82) is 0 Å².